The Hall–Kier alpha value is -3.09. The molecule has 1 aliphatic heterocycles. The van der Waals surface area contributed by atoms with Gasteiger partial charge in [-0.3, -0.25) is 9.59 Å². The fraction of sp³-hybridized carbons (Fsp3) is 0.350. The van der Waals surface area contributed by atoms with Gasteiger partial charge in [0.05, 0.1) is 30.3 Å². The highest BCUT2D eigenvalue weighted by Crippen LogP contribution is 2.28. The lowest BCUT2D eigenvalue weighted by atomic mass is 10.1. The van der Waals surface area contributed by atoms with Crippen LogP contribution < -0.4 is 10.3 Å². The standard InChI is InChI=1S/C20H22N4O3/c1-12-16-18(23-10-9-22(3)20(26)17(12)23)13(2)21-24(19(16)25)11-14-7-5-6-8-15(14)27-4/h5-8H,9-11H2,1-4H3. The molecule has 0 saturated heterocycles. The van der Waals surface area contributed by atoms with E-state index in [0.29, 0.717) is 36.5 Å². The van der Waals surface area contributed by atoms with Crippen molar-refractivity contribution in [2.45, 2.75) is 26.9 Å². The zero-order chi connectivity index (χ0) is 19.3. The summed E-state index contributed by atoms with van der Waals surface area (Å²) in [6.45, 7) is 5.34. The van der Waals surface area contributed by atoms with E-state index in [9.17, 15) is 9.59 Å². The van der Waals surface area contributed by atoms with Crippen LogP contribution in [0, 0.1) is 13.8 Å². The molecule has 3 heterocycles. The summed E-state index contributed by atoms with van der Waals surface area (Å²) in [6, 6.07) is 7.58. The molecular weight excluding hydrogens is 344 g/mol. The van der Waals surface area contributed by atoms with E-state index in [-0.39, 0.29) is 11.5 Å². The number of carbonyl (C=O) groups is 1. The van der Waals surface area contributed by atoms with Crippen LogP contribution in [0.1, 0.15) is 27.3 Å². The van der Waals surface area contributed by atoms with Crippen molar-refractivity contribution in [3.05, 3.63) is 57.1 Å². The second kappa shape index (κ2) is 6.26. The Morgan fingerprint density at radius 1 is 1.15 bits per heavy atom. The first-order chi connectivity index (χ1) is 12.9. The number of methoxy groups -OCH3 is 1. The molecule has 7 nitrogen and oxygen atoms in total. The lowest BCUT2D eigenvalue weighted by Gasteiger charge is -2.25. The van der Waals surface area contributed by atoms with Crippen LogP contribution in [0.25, 0.3) is 10.9 Å². The van der Waals surface area contributed by atoms with Crippen molar-refractivity contribution >= 4 is 16.8 Å². The number of likely N-dealkylation sites (N-methyl/N-ethyl adjacent to an activating group) is 1. The maximum atomic E-state index is 13.2. The first-order valence-corrected chi connectivity index (χ1v) is 8.92. The summed E-state index contributed by atoms with van der Waals surface area (Å²) >= 11 is 0. The van der Waals surface area contributed by atoms with E-state index in [1.807, 2.05) is 42.7 Å². The van der Waals surface area contributed by atoms with Gasteiger partial charge in [-0.15, -0.1) is 0 Å². The Labute approximate surface area is 156 Å². The zero-order valence-electron chi connectivity index (χ0n) is 15.9. The predicted molar refractivity (Wildman–Crippen MR) is 103 cm³/mol. The molecule has 1 aromatic carbocycles. The Morgan fingerprint density at radius 3 is 2.63 bits per heavy atom. The lowest BCUT2D eigenvalue weighted by Crippen LogP contribution is -2.37. The number of benzene rings is 1. The minimum absolute atomic E-state index is 0.0509. The Morgan fingerprint density at radius 2 is 1.89 bits per heavy atom. The maximum absolute atomic E-state index is 13.2. The van der Waals surface area contributed by atoms with Crippen molar-refractivity contribution in [3.8, 4) is 5.75 Å². The number of hydrogen-bond donors (Lipinski definition) is 0. The van der Waals surface area contributed by atoms with Gasteiger partial charge in [-0.05, 0) is 25.5 Å². The molecule has 7 heteroatoms. The molecule has 1 amide bonds. The van der Waals surface area contributed by atoms with Crippen LogP contribution >= 0.6 is 0 Å². The van der Waals surface area contributed by atoms with Gasteiger partial charge in [0.1, 0.15) is 11.4 Å². The van der Waals surface area contributed by atoms with Crippen molar-refractivity contribution < 1.29 is 9.53 Å². The number of hydrogen-bond acceptors (Lipinski definition) is 4. The Bertz CT molecular complexity index is 1130. The fourth-order valence-electron chi connectivity index (χ4n) is 3.92. The third kappa shape index (κ3) is 2.53. The summed E-state index contributed by atoms with van der Waals surface area (Å²) in [6.07, 6.45) is 0. The molecule has 0 bridgehead atoms. The van der Waals surface area contributed by atoms with Crippen LogP contribution in [0.15, 0.2) is 29.1 Å². The minimum Gasteiger partial charge on any atom is -0.496 e. The average molecular weight is 366 g/mol. The normalized spacial score (nSPS) is 13.9. The van der Waals surface area contributed by atoms with Crippen molar-refractivity contribution in [3.63, 3.8) is 0 Å². The van der Waals surface area contributed by atoms with E-state index in [4.69, 9.17) is 4.74 Å². The summed E-state index contributed by atoms with van der Waals surface area (Å²) in [4.78, 5) is 27.6. The quantitative estimate of drug-likeness (QED) is 0.711. The Kier molecular flexibility index (Phi) is 4.02. The lowest BCUT2D eigenvalue weighted by molar-refractivity contribution is 0.0750. The molecule has 0 aliphatic carbocycles. The molecule has 1 aliphatic rings. The van der Waals surface area contributed by atoms with Gasteiger partial charge in [0.25, 0.3) is 11.5 Å². The highest BCUT2D eigenvalue weighted by atomic mass is 16.5. The van der Waals surface area contributed by atoms with Crippen LogP contribution in [0.2, 0.25) is 0 Å². The van der Waals surface area contributed by atoms with E-state index < -0.39 is 0 Å². The van der Waals surface area contributed by atoms with Gasteiger partial charge in [0, 0.05) is 25.7 Å². The number of para-hydroxylation sites is 1. The van der Waals surface area contributed by atoms with Crippen molar-refractivity contribution in [1.29, 1.82) is 0 Å². The van der Waals surface area contributed by atoms with Gasteiger partial charge in [-0.25, -0.2) is 4.68 Å². The van der Waals surface area contributed by atoms with Gasteiger partial charge in [0.2, 0.25) is 0 Å². The molecule has 140 valence electrons. The van der Waals surface area contributed by atoms with Gasteiger partial charge in [-0.2, -0.15) is 5.10 Å². The molecule has 27 heavy (non-hydrogen) atoms. The monoisotopic (exact) mass is 366 g/mol. The van der Waals surface area contributed by atoms with Crippen LogP contribution in [-0.4, -0.2) is 45.9 Å². The summed E-state index contributed by atoms with van der Waals surface area (Å²) in [5.41, 5.74) is 3.53. The third-order valence-corrected chi connectivity index (χ3v) is 5.29. The average Bonchev–Trinajstić information content (AvgIpc) is 2.97. The second-order valence-corrected chi connectivity index (χ2v) is 6.94. The van der Waals surface area contributed by atoms with E-state index in [1.54, 1.807) is 19.1 Å². The smallest absolute Gasteiger partial charge is 0.276 e. The summed E-state index contributed by atoms with van der Waals surface area (Å²) < 4.78 is 8.80. The highest BCUT2D eigenvalue weighted by molar-refractivity contribution is 6.02. The van der Waals surface area contributed by atoms with E-state index >= 15 is 0 Å². The number of carbonyl (C=O) groups excluding carboxylic acids is 1. The van der Waals surface area contributed by atoms with Crippen LogP contribution in [-0.2, 0) is 13.1 Å². The number of rotatable bonds is 3. The number of fused-ring (bicyclic) bond motifs is 3. The molecule has 0 unspecified atom stereocenters. The molecule has 0 atom stereocenters. The summed E-state index contributed by atoms with van der Waals surface area (Å²) in [5, 5.41) is 5.12. The number of aromatic nitrogens is 3. The summed E-state index contributed by atoms with van der Waals surface area (Å²) in [7, 11) is 3.39. The van der Waals surface area contributed by atoms with Crippen molar-refractivity contribution in [2.24, 2.45) is 0 Å². The molecule has 0 spiro atoms. The van der Waals surface area contributed by atoms with E-state index in [0.717, 1.165) is 22.3 Å². The molecule has 4 rings (SSSR count). The molecule has 2 aromatic heterocycles. The predicted octanol–water partition coefficient (Wildman–Crippen LogP) is 1.96. The molecule has 0 radical (unpaired) electrons. The highest BCUT2D eigenvalue weighted by Gasteiger charge is 2.30. The number of aryl methyl sites for hydroxylation is 2. The number of amides is 1. The molecule has 0 fully saturated rings. The summed E-state index contributed by atoms with van der Waals surface area (Å²) in [5.74, 6) is 0.665. The number of nitrogens with zero attached hydrogens (tertiary/aromatic N) is 4. The molecule has 0 saturated carbocycles. The van der Waals surface area contributed by atoms with Gasteiger partial charge in [0.15, 0.2) is 0 Å². The molecule has 3 aromatic rings. The zero-order valence-corrected chi connectivity index (χ0v) is 15.9. The largest absolute Gasteiger partial charge is 0.496 e. The maximum Gasteiger partial charge on any atom is 0.276 e. The Balaban J connectivity index is 1.93. The topological polar surface area (TPSA) is 69.4 Å². The van der Waals surface area contributed by atoms with Crippen LogP contribution in [0.3, 0.4) is 0 Å². The SMILES string of the molecule is COc1ccccc1Cn1nc(C)c2c(c(C)c3n2CCN(C)C3=O)c1=O. The van der Waals surface area contributed by atoms with E-state index in [2.05, 4.69) is 5.10 Å². The number of ether oxygens (including phenoxy) is 1. The van der Waals surface area contributed by atoms with Crippen LogP contribution in [0.5, 0.6) is 5.75 Å². The molecule has 0 N–H and O–H groups in total. The molecular formula is C20H22N4O3. The van der Waals surface area contributed by atoms with Gasteiger partial charge in [-0.1, -0.05) is 18.2 Å². The third-order valence-electron chi connectivity index (χ3n) is 5.29. The van der Waals surface area contributed by atoms with Crippen LogP contribution in [0.4, 0.5) is 0 Å². The van der Waals surface area contributed by atoms with Crippen molar-refractivity contribution in [2.75, 3.05) is 20.7 Å². The second-order valence-electron chi connectivity index (χ2n) is 6.94. The first kappa shape index (κ1) is 17.3. The van der Waals surface area contributed by atoms with E-state index in [1.165, 1.54) is 4.68 Å². The van der Waals surface area contributed by atoms with Gasteiger partial charge < -0.3 is 14.2 Å². The first-order valence-electron chi connectivity index (χ1n) is 8.92. The fourth-order valence-corrected chi connectivity index (χ4v) is 3.92. The van der Waals surface area contributed by atoms with Crippen molar-refractivity contribution in [1.82, 2.24) is 19.2 Å². The van der Waals surface area contributed by atoms with Gasteiger partial charge >= 0.3 is 0 Å². The minimum atomic E-state index is -0.184.